The van der Waals surface area contributed by atoms with Crippen molar-refractivity contribution >= 4 is 22.9 Å². The second-order valence-corrected chi connectivity index (χ2v) is 5.91. The van der Waals surface area contributed by atoms with Gasteiger partial charge in [-0.15, -0.1) is 11.3 Å². The van der Waals surface area contributed by atoms with E-state index in [0.717, 1.165) is 17.1 Å². The van der Waals surface area contributed by atoms with Crippen LogP contribution in [-0.2, 0) is 6.42 Å². The van der Waals surface area contributed by atoms with Crippen LogP contribution in [0.1, 0.15) is 46.5 Å². The topological polar surface area (TPSA) is 85.1 Å². The molecule has 0 radical (unpaired) electrons. The number of amides is 1. The lowest BCUT2D eigenvalue weighted by atomic mass is 10.1. The SMILES string of the molecule is CCc1nc(C(C)NC(=O)c2ccc([N+](=O)[O-])cc2C)cs1. The first-order chi connectivity index (χ1) is 10.4. The number of carbonyl (C=O) groups excluding carboxylic acids is 1. The Kier molecular flexibility index (Phi) is 4.87. The molecular weight excluding hydrogens is 302 g/mol. The van der Waals surface area contributed by atoms with Crippen molar-refractivity contribution in [1.29, 1.82) is 0 Å². The standard InChI is InChI=1S/C15H17N3O3S/c1-4-14-17-13(8-22-14)10(3)16-15(19)12-6-5-11(18(20)21)7-9(12)2/h5-8,10H,4H2,1-3H3,(H,16,19). The molecule has 2 aromatic rings. The second kappa shape index (κ2) is 6.65. The van der Waals surface area contributed by atoms with Crippen molar-refractivity contribution in [3.8, 4) is 0 Å². The molecule has 0 aliphatic heterocycles. The number of carbonyl (C=O) groups is 1. The number of hydrogen-bond donors (Lipinski definition) is 1. The summed E-state index contributed by atoms with van der Waals surface area (Å²) in [6.45, 7) is 5.59. The van der Waals surface area contributed by atoms with Gasteiger partial charge in [0.1, 0.15) is 0 Å². The van der Waals surface area contributed by atoms with Gasteiger partial charge in [-0.2, -0.15) is 0 Å². The van der Waals surface area contributed by atoms with E-state index < -0.39 is 4.92 Å². The molecule has 0 saturated carbocycles. The number of thiazole rings is 1. The lowest BCUT2D eigenvalue weighted by Crippen LogP contribution is -2.27. The molecule has 1 N–H and O–H groups in total. The zero-order valence-corrected chi connectivity index (χ0v) is 13.4. The predicted octanol–water partition coefficient (Wildman–Crippen LogP) is 3.41. The van der Waals surface area contributed by atoms with E-state index in [-0.39, 0.29) is 17.6 Å². The number of aryl methyl sites for hydroxylation is 2. The molecule has 6 nitrogen and oxygen atoms in total. The zero-order valence-electron chi connectivity index (χ0n) is 12.6. The second-order valence-electron chi connectivity index (χ2n) is 4.97. The normalized spacial score (nSPS) is 12.0. The molecule has 2 rings (SSSR count). The maximum Gasteiger partial charge on any atom is 0.269 e. The van der Waals surface area contributed by atoms with Crippen LogP contribution in [0.2, 0.25) is 0 Å². The first-order valence-electron chi connectivity index (χ1n) is 6.92. The van der Waals surface area contributed by atoms with Crippen molar-refractivity contribution in [3.63, 3.8) is 0 Å². The van der Waals surface area contributed by atoms with Gasteiger partial charge < -0.3 is 5.32 Å². The number of nitro groups is 1. The Bertz CT molecular complexity index is 712. The average Bonchev–Trinajstić information content (AvgIpc) is 2.95. The predicted molar refractivity (Wildman–Crippen MR) is 85.2 cm³/mol. The molecule has 0 bridgehead atoms. The molecule has 7 heteroatoms. The Hall–Kier alpha value is -2.28. The van der Waals surface area contributed by atoms with E-state index in [0.29, 0.717) is 11.1 Å². The molecule has 1 aromatic heterocycles. The van der Waals surface area contributed by atoms with Crippen LogP contribution in [0.4, 0.5) is 5.69 Å². The third-order valence-electron chi connectivity index (χ3n) is 3.33. The van der Waals surface area contributed by atoms with E-state index in [1.165, 1.54) is 18.2 Å². The van der Waals surface area contributed by atoms with E-state index in [4.69, 9.17) is 0 Å². The van der Waals surface area contributed by atoms with Gasteiger partial charge in [-0.1, -0.05) is 6.92 Å². The maximum absolute atomic E-state index is 12.3. The molecule has 1 aromatic carbocycles. The van der Waals surface area contributed by atoms with Crippen molar-refractivity contribution in [2.24, 2.45) is 0 Å². The molecule has 22 heavy (non-hydrogen) atoms. The lowest BCUT2D eigenvalue weighted by Gasteiger charge is -2.13. The van der Waals surface area contributed by atoms with Crippen molar-refractivity contribution < 1.29 is 9.72 Å². The minimum absolute atomic E-state index is 0.0193. The lowest BCUT2D eigenvalue weighted by molar-refractivity contribution is -0.384. The smallest absolute Gasteiger partial charge is 0.269 e. The zero-order chi connectivity index (χ0) is 16.3. The Morgan fingerprint density at radius 2 is 2.23 bits per heavy atom. The summed E-state index contributed by atoms with van der Waals surface area (Å²) in [6, 6.07) is 4.01. The highest BCUT2D eigenvalue weighted by Crippen LogP contribution is 2.20. The van der Waals surface area contributed by atoms with Crippen LogP contribution in [-0.4, -0.2) is 15.8 Å². The highest BCUT2D eigenvalue weighted by molar-refractivity contribution is 7.09. The number of hydrogen-bond acceptors (Lipinski definition) is 5. The average molecular weight is 319 g/mol. The summed E-state index contributed by atoms with van der Waals surface area (Å²) in [6.07, 6.45) is 0.868. The Morgan fingerprint density at radius 3 is 2.77 bits per heavy atom. The number of nitrogens with one attached hydrogen (secondary N) is 1. The molecule has 0 fully saturated rings. The van der Waals surface area contributed by atoms with Crippen molar-refractivity contribution in [2.45, 2.75) is 33.2 Å². The van der Waals surface area contributed by atoms with Crippen LogP contribution in [0.25, 0.3) is 0 Å². The first kappa shape index (κ1) is 16.1. The fourth-order valence-electron chi connectivity index (χ4n) is 2.05. The molecule has 1 unspecified atom stereocenters. The van der Waals surface area contributed by atoms with Gasteiger partial charge in [0, 0.05) is 23.1 Å². The molecule has 1 heterocycles. The molecule has 0 aliphatic carbocycles. The highest BCUT2D eigenvalue weighted by Gasteiger charge is 2.17. The van der Waals surface area contributed by atoms with Crippen molar-refractivity contribution in [2.75, 3.05) is 0 Å². The Labute approximate surface area is 132 Å². The van der Waals surface area contributed by atoms with Gasteiger partial charge in [-0.25, -0.2) is 4.98 Å². The van der Waals surface area contributed by atoms with Gasteiger partial charge >= 0.3 is 0 Å². The maximum atomic E-state index is 12.3. The molecule has 0 spiro atoms. The number of aromatic nitrogens is 1. The molecular formula is C15H17N3O3S. The Balaban J connectivity index is 2.13. The van der Waals surface area contributed by atoms with E-state index in [1.54, 1.807) is 18.3 Å². The van der Waals surface area contributed by atoms with E-state index in [9.17, 15) is 14.9 Å². The van der Waals surface area contributed by atoms with Gasteiger partial charge in [-0.05, 0) is 31.9 Å². The van der Waals surface area contributed by atoms with E-state index >= 15 is 0 Å². The van der Waals surface area contributed by atoms with Crippen LogP contribution in [0.15, 0.2) is 23.6 Å². The number of nitrogens with zero attached hydrogens (tertiary/aromatic N) is 2. The summed E-state index contributed by atoms with van der Waals surface area (Å²) < 4.78 is 0. The van der Waals surface area contributed by atoms with Crippen LogP contribution in [0.3, 0.4) is 0 Å². The van der Waals surface area contributed by atoms with Gasteiger partial charge in [0.25, 0.3) is 11.6 Å². The van der Waals surface area contributed by atoms with Crippen LogP contribution in [0, 0.1) is 17.0 Å². The number of benzene rings is 1. The minimum Gasteiger partial charge on any atom is -0.344 e. The third kappa shape index (κ3) is 3.48. The number of rotatable bonds is 5. The summed E-state index contributed by atoms with van der Waals surface area (Å²) in [4.78, 5) is 27.0. The monoisotopic (exact) mass is 319 g/mol. The van der Waals surface area contributed by atoms with Crippen molar-refractivity contribution in [3.05, 3.63) is 55.5 Å². The molecule has 1 atom stereocenters. The molecule has 116 valence electrons. The number of nitro benzene ring substituents is 1. The van der Waals surface area contributed by atoms with Crippen LogP contribution in [0.5, 0.6) is 0 Å². The fraction of sp³-hybridized carbons (Fsp3) is 0.333. The van der Waals surface area contributed by atoms with Crippen LogP contribution >= 0.6 is 11.3 Å². The first-order valence-corrected chi connectivity index (χ1v) is 7.80. The van der Waals surface area contributed by atoms with E-state index in [1.807, 2.05) is 19.2 Å². The number of non-ortho nitro benzene ring substituents is 1. The quantitative estimate of drug-likeness (QED) is 0.676. The largest absolute Gasteiger partial charge is 0.344 e. The van der Waals surface area contributed by atoms with Crippen LogP contribution < -0.4 is 5.32 Å². The summed E-state index contributed by atoms with van der Waals surface area (Å²) in [5.74, 6) is -0.258. The summed E-state index contributed by atoms with van der Waals surface area (Å²) in [5, 5.41) is 16.6. The molecule has 1 amide bonds. The highest BCUT2D eigenvalue weighted by atomic mass is 32.1. The fourth-order valence-corrected chi connectivity index (χ4v) is 2.89. The van der Waals surface area contributed by atoms with Gasteiger partial charge in [0.05, 0.1) is 21.7 Å². The van der Waals surface area contributed by atoms with Crippen molar-refractivity contribution in [1.82, 2.24) is 10.3 Å². The third-order valence-corrected chi connectivity index (χ3v) is 4.34. The summed E-state index contributed by atoms with van der Waals surface area (Å²) >= 11 is 1.57. The molecule has 0 saturated heterocycles. The van der Waals surface area contributed by atoms with Gasteiger partial charge in [0.15, 0.2) is 0 Å². The molecule has 0 aliphatic rings. The minimum atomic E-state index is -0.473. The van der Waals surface area contributed by atoms with Gasteiger partial charge in [-0.3, -0.25) is 14.9 Å². The summed E-state index contributed by atoms with van der Waals surface area (Å²) in [5.41, 5.74) is 1.82. The Morgan fingerprint density at radius 1 is 1.50 bits per heavy atom. The van der Waals surface area contributed by atoms with E-state index in [2.05, 4.69) is 10.3 Å². The summed E-state index contributed by atoms with van der Waals surface area (Å²) in [7, 11) is 0. The van der Waals surface area contributed by atoms with Gasteiger partial charge in [0.2, 0.25) is 0 Å².